The van der Waals surface area contributed by atoms with Gasteiger partial charge < -0.3 is 37.5 Å². The molecule has 34 heavy (non-hydrogen) atoms. The molecule has 5 atom stereocenters. The zero-order valence-electron chi connectivity index (χ0n) is 19.1. The number of amides is 4. The van der Waals surface area contributed by atoms with Crippen LogP contribution >= 0.6 is 12.6 Å². The Bertz CT molecular complexity index is 850. The zero-order chi connectivity index (χ0) is 25.8. The highest BCUT2D eigenvalue weighted by atomic mass is 32.1. The Kier molecular flexibility index (Phi) is 12.1. The van der Waals surface area contributed by atoms with Crippen LogP contribution in [-0.4, -0.2) is 74.6 Å². The fraction of sp³-hybridized carbons (Fsp3) is 0.600. The highest BCUT2D eigenvalue weighted by molar-refractivity contribution is 7.80. The third-order valence-corrected chi connectivity index (χ3v) is 5.61. The van der Waals surface area contributed by atoms with Crippen LogP contribution in [0.3, 0.4) is 0 Å². The molecular weight excluding hydrogens is 466 g/mol. The summed E-state index contributed by atoms with van der Waals surface area (Å²) in [4.78, 5) is 67.2. The maximum atomic E-state index is 12.9. The predicted octanol–water partition coefficient (Wildman–Crippen LogP) is -1.94. The second-order valence-electron chi connectivity index (χ2n) is 7.91. The summed E-state index contributed by atoms with van der Waals surface area (Å²) in [6.07, 6.45) is 3.27. The SMILES string of the molecule is CCC(C)C(NC(=O)C(Cc1cnc[nH]1)NC(=O)C(CS)NC(=O)C(N)CCC(N)=O)C(=O)O. The normalized spacial score (nSPS) is 15.3. The predicted molar refractivity (Wildman–Crippen MR) is 125 cm³/mol. The van der Waals surface area contributed by atoms with Crippen LogP contribution in [0.2, 0.25) is 0 Å². The van der Waals surface area contributed by atoms with Crippen molar-refractivity contribution in [3.63, 3.8) is 0 Å². The molecule has 0 saturated carbocycles. The van der Waals surface area contributed by atoms with Gasteiger partial charge >= 0.3 is 5.97 Å². The molecule has 0 fully saturated rings. The number of hydrogen-bond acceptors (Lipinski definition) is 8. The van der Waals surface area contributed by atoms with Gasteiger partial charge in [-0.05, 0) is 12.3 Å². The maximum Gasteiger partial charge on any atom is 0.326 e. The second kappa shape index (κ2) is 14.2. The summed E-state index contributed by atoms with van der Waals surface area (Å²) >= 11 is 4.08. The Balaban J connectivity index is 2.94. The molecule has 13 nitrogen and oxygen atoms in total. The van der Waals surface area contributed by atoms with E-state index in [0.717, 1.165) is 0 Å². The van der Waals surface area contributed by atoms with Crippen molar-refractivity contribution < 1.29 is 29.1 Å². The summed E-state index contributed by atoms with van der Waals surface area (Å²) in [5.41, 5.74) is 11.3. The van der Waals surface area contributed by atoms with Gasteiger partial charge in [0.05, 0.1) is 12.4 Å². The van der Waals surface area contributed by atoms with Gasteiger partial charge in [-0.15, -0.1) is 0 Å². The van der Waals surface area contributed by atoms with Crippen LogP contribution in [0.4, 0.5) is 0 Å². The van der Waals surface area contributed by atoms with Crippen molar-refractivity contribution in [3.8, 4) is 0 Å². The largest absolute Gasteiger partial charge is 0.480 e. The minimum Gasteiger partial charge on any atom is -0.480 e. The van der Waals surface area contributed by atoms with Crippen molar-refractivity contribution >= 4 is 42.2 Å². The number of thiol groups is 1. The van der Waals surface area contributed by atoms with Crippen LogP contribution in [0, 0.1) is 5.92 Å². The van der Waals surface area contributed by atoms with Gasteiger partial charge in [-0.3, -0.25) is 19.2 Å². The summed E-state index contributed by atoms with van der Waals surface area (Å²) in [7, 11) is 0. The molecule has 1 heterocycles. The van der Waals surface area contributed by atoms with Gasteiger partial charge in [-0.1, -0.05) is 20.3 Å². The van der Waals surface area contributed by atoms with Crippen molar-refractivity contribution in [3.05, 3.63) is 18.2 Å². The van der Waals surface area contributed by atoms with Crippen LogP contribution in [0.1, 0.15) is 38.8 Å². The van der Waals surface area contributed by atoms with Gasteiger partial charge in [-0.25, -0.2) is 9.78 Å². The number of aromatic amines is 1. The van der Waals surface area contributed by atoms with E-state index in [2.05, 4.69) is 38.5 Å². The molecule has 0 aromatic carbocycles. The second-order valence-corrected chi connectivity index (χ2v) is 8.27. The lowest BCUT2D eigenvalue weighted by Crippen LogP contribution is -2.58. The number of hydrogen-bond donors (Lipinski definition) is 8. The van der Waals surface area contributed by atoms with Gasteiger partial charge in [-0.2, -0.15) is 12.6 Å². The number of aromatic nitrogens is 2. The first-order chi connectivity index (χ1) is 16.0. The average molecular weight is 500 g/mol. The van der Waals surface area contributed by atoms with Crippen molar-refractivity contribution in [1.82, 2.24) is 25.9 Å². The lowest BCUT2D eigenvalue weighted by atomic mass is 9.98. The molecule has 4 amide bonds. The fourth-order valence-electron chi connectivity index (χ4n) is 2.94. The van der Waals surface area contributed by atoms with Crippen LogP contribution in [-0.2, 0) is 30.4 Å². The van der Waals surface area contributed by atoms with Gasteiger partial charge in [0.2, 0.25) is 23.6 Å². The van der Waals surface area contributed by atoms with Gasteiger partial charge in [0.25, 0.3) is 0 Å². The minimum atomic E-state index is -1.19. The quantitative estimate of drug-likeness (QED) is 0.126. The van der Waals surface area contributed by atoms with E-state index in [0.29, 0.717) is 12.1 Å². The number of nitrogens with zero attached hydrogens (tertiary/aromatic N) is 1. The van der Waals surface area contributed by atoms with Crippen LogP contribution in [0.15, 0.2) is 12.5 Å². The van der Waals surface area contributed by atoms with E-state index in [1.165, 1.54) is 12.5 Å². The molecule has 14 heteroatoms. The molecule has 0 bridgehead atoms. The number of aliphatic carboxylic acids is 1. The number of nitrogens with one attached hydrogen (secondary N) is 4. The molecular formula is C20H33N7O6S. The van der Waals surface area contributed by atoms with E-state index < -0.39 is 53.8 Å². The van der Waals surface area contributed by atoms with Crippen molar-refractivity contribution in [2.45, 2.75) is 63.7 Å². The molecule has 0 saturated heterocycles. The van der Waals surface area contributed by atoms with E-state index >= 15 is 0 Å². The lowest BCUT2D eigenvalue weighted by Gasteiger charge is -2.26. The molecule has 0 aliphatic carbocycles. The third kappa shape index (κ3) is 9.39. The Labute approximate surface area is 202 Å². The molecule has 9 N–H and O–H groups in total. The van der Waals surface area contributed by atoms with Crippen molar-refractivity contribution in [1.29, 1.82) is 0 Å². The Morgan fingerprint density at radius 2 is 1.74 bits per heavy atom. The Hall–Kier alpha value is -3.13. The number of nitrogens with two attached hydrogens (primary N) is 2. The molecule has 5 unspecified atom stereocenters. The molecule has 0 aliphatic heterocycles. The molecule has 0 radical (unpaired) electrons. The number of imidazole rings is 1. The van der Waals surface area contributed by atoms with E-state index in [4.69, 9.17) is 11.5 Å². The first-order valence-corrected chi connectivity index (χ1v) is 11.4. The molecule has 1 aromatic rings. The molecule has 190 valence electrons. The first-order valence-electron chi connectivity index (χ1n) is 10.8. The average Bonchev–Trinajstić information content (AvgIpc) is 3.30. The van der Waals surface area contributed by atoms with Crippen molar-refractivity contribution in [2.24, 2.45) is 17.4 Å². The first kappa shape index (κ1) is 28.9. The number of H-pyrrole nitrogens is 1. The van der Waals surface area contributed by atoms with Gasteiger partial charge in [0, 0.05) is 30.5 Å². The number of carbonyl (C=O) groups is 5. The number of carboxylic acid groups (broad SMARTS) is 1. The van der Waals surface area contributed by atoms with Crippen molar-refractivity contribution in [2.75, 3.05) is 5.75 Å². The highest BCUT2D eigenvalue weighted by Crippen LogP contribution is 2.09. The zero-order valence-corrected chi connectivity index (χ0v) is 20.0. The number of primary amides is 1. The van der Waals surface area contributed by atoms with E-state index in [1.807, 2.05) is 0 Å². The van der Waals surface area contributed by atoms with E-state index in [9.17, 15) is 29.1 Å². The van der Waals surface area contributed by atoms with Crippen LogP contribution in [0.25, 0.3) is 0 Å². The summed E-state index contributed by atoms with van der Waals surface area (Å²) < 4.78 is 0. The number of rotatable bonds is 15. The standard InChI is InChI=1S/C20H33N7O6S/c1-3-10(2)16(20(32)33)27-18(30)13(6-11-7-23-9-24-11)25-19(31)14(8-34)26-17(29)12(21)4-5-15(22)28/h7,9-10,12-14,16,34H,3-6,8,21H2,1-2H3,(H2,22,28)(H,23,24)(H,25,31)(H,26,29)(H,27,30)(H,32,33). The number of carbonyl (C=O) groups excluding carboxylic acids is 4. The fourth-order valence-corrected chi connectivity index (χ4v) is 3.19. The van der Waals surface area contributed by atoms with Crippen LogP contribution < -0.4 is 27.4 Å². The highest BCUT2D eigenvalue weighted by Gasteiger charge is 2.32. The topological polar surface area (TPSA) is 222 Å². The Morgan fingerprint density at radius 3 is 2.24 bits per heavy atom. The summed E-state index contributed by atoms with van der Waals surface area (Å²) in [5, 5.41) is 16.9. The van der Waals surface area contributed by atoms with Crippen LogP contribution in [0.5, 0.6) is 0 Å². The lowest BCUT2D eigenvalue weighted by molar-refractivity contribution is -0.143. The summed E-state index contributed by atoms with van der Waals surface area (Å²) in [6.45, 7) is 3.49. The molecule has 0 aliphatic rings. The van der Waals surface area contributed by atoms with Gasteiger partial charge in [0.1, 0.15) is 18.1 Å². The van der Waals surface area contributed by atoms with Gasteiger partial charge in [0.15, 0.2) is 0 Å². The third-order valence-electron chi connectivity index (χ3n) is 5.24. The molecule has 0 spiro atoms. The van der Waals surface area contributed by atoms with E-state index in [1.54, 1.807) is 13.8 Å². The smallest absolute Gasteiger partial charge is 0.326 e. The molecule has 1 aromatic heterocycles. The monoisotopic (exact) mass is 499 g/mol. The summed E-state index contributed by atoms with van der Waals surface area (Å²) in [5.74, 6) is -4.39. The molecule has 1 rings (SSSR count). The Morgan fingerprint density at radius 1 is 1.12 bits per heavy atom. The number of carboxylic acids is 1. The minimum absolute atomic E-state index is 0.000871. The maximum absolute atomic E-state index is 12.9. The summed E-state index contributed by atoms with van der Waals surface area (Å²) in [6, 6.07) is -4.53. The van der Waals surface area contributed by atoms with E-state index in [-0.39, 0.29) is 30.9 Å².